The van der Waals surface area contributed by atoms with Crippen molar-refractivity contribution in [2.24, 2.45) is 11.8 Å². The monoisotopic (exact) mass is 364 g/mol. The number of Topliss-reactive ketones (excluding diaryl/α,β-unsaturated/α-hetero) is 1. The van der Waals surface area contributed by atoms with Crippen LogP contribution in [0.4, 0.5) is 0 Å². The zero-order chi connectivity index (χ0) is 18.9. The molecular weight excluding hydrogens is 328 g/mol. The number of hydrogen-bond donors (Lipinski definition) is 1. The summed E-state index contributed by atoms with van der Waals surface area (Å²) in [5, 5.41) is 2.88. The first kappa shape index (κ1) is 20.9. The quantitative estimate of drug-likeness (QED) is 0.752. The van der Waals surface area contributed by atoms with E-state index in [1.807, 2.05) is 0 Å². The minimum atomic E-state index is -0.425. The van der Waals surface area contributed by atoms with Crippen molar-refractivity contribution < 1.29 is 14.4 Å². The molecule has 1 saturated carbocycles. The van der Waals surface area contributed by atoms with Crippen molar-refractivity contribution in [2.75, 3.05) is 13.1 Å². The lowest BCUT2D eigenvalue weighted by Crippen LogP contribution is -2.44. The maximum atomic E-state index is 12.5. The van der Waals surface area contributed by atoms with Gasteiger partial charge in [-0.15, -0.1) is 0 Å². The third-order valence-corrected chi connectivity index (χ3v) is 5.78. The molecule has 0 radical (unpaired) electrons. The summed E-state index contributed by atoms with van der Waals surface area (Å²) in [5.41, 5.74) is 0. The lowest BCUT2D eigenvalue weighted by atomic mass is 9.86. The van der Waals surface area contributed by atoms with Gasteiger partial charge in [0.1, 0.15) is 0 Å². The molecule has 148 valence electrons. The van der Waals surface area contributed by atoms with Gasteiger partial charge < -0.3 is 10.2 Å². The van der Waals surface area contributed by atoms with Crippen LogP contribution < -0.4 is 5.32 Å². The molecule has 5 nitrogen and oxygen atoms in total. The van der Waals surface area contributed by atoms with E-state index in [0.29, 0.717) is 37.6 Å². The van der Waals surface area contributed by atoms with Crippen LogP contribution in [0.25, 0.3) is 0 Å². The van der Waals surface area contributed by atoms with Gasteiger partial charge in [-0.25, -0.2) is 0 Å². The Bertz CT molecular complexity index is 484. The summed E-state index contributed by atoms with van der Waals surface area (Å²) < 4.78 is 0. The minimum absolute atomic E-state index is 0.0218. The highest BCUT2D eigenvalue weighted by Crippen LogP contribution is 2.27. The largest absolute Gasteiger partial charge is 0.346 e. The fraction of sp³-hybridized carbons (Fsp3) is 0.857. The number of hydrogen-bond acceptors (Lipinski definition) is 3. The van der Waals surface area contributed by atoms with E-state index in [0.717, 1.165) is 19.3 Å². The van der Waals surface area contributed by atoms with Crippen LogP contribution in [0.2, 0.25) is 0 Å². The zero-order valence-electron chi connectivity index (χ0n) is 16.6. The molecule has 2 aliphatic rings. The summed E-state index contributed by atoms with van der Waals surface area (Å²) in [7, 11) is 0. The van der Waals surface area contributed by atoms with Crippen LogP contribution in [-0.2, 0) is 14.4 Å². The van der Waals surface area contributed by atoms with E-state index in [4.69, 9.17) is 0 Å². The van der Waals surface area contributed by atoms with Crippen molar-refractivity contribution in [3.8, 4) is 0 Å². The highest BCUT2D eigenvalue weighted by Gasteiger charge is 2.28. The smallest absolute Gasteiger partial charge is 0.222 e. The molecule has 0 spiro atoms. The predicted molar refractivity (Wildman–Crippen MR) is 103 cm³/mol. The Morgan fingerprint density at radius 3 is 2.50 bits per heavy atom. The van der Waals surface area contributed by atoms with E-state index in [-0.39, 0.29) is 24.1 Å². The molecular formula is C21H36N2O3. The number of nitrogens with zero attached hydrogens (tertiary/aromatic N) is 1. The summed E-state index contributed by atoms with van der Waals surface area (Å²) in [5.74, 6) is 1.20. The highest BCUT2D eigenvalue weighted by atomic mass is 16.2. The molecule has 2 fully saturated rings. The van der Waals surface area contributed by atoms with Crippen LogP contribution in [0.3, 0.4) is 0 Å². The molecule has 26 heavy (non-hydrogen) atoms. The van der Waals surface area contributed by atoms with E-state index < -0.39 is 6.04 Å². The van der Waals surface area contributed by atoms with E-state index in [1.165, 1.54) is 32.1 Å². The van der Waals surface area contributed by atoms with Crippen LogP contribution in [0.1, 0.15) is 84.5 Å². The van der Waals surface area contributed by atoms with Gasteiger partial charge in [0, 0.05) is 19.4 Å². The van der Waals surface area contributed by atoms with Gasteiger partial charge in [-0.3, -0.25) is 14.4 Å². The van der Waals surface area contributed by atoms with E-state index in [2.05, 4.69) is 19.2 Å². The molecule has 2 rings (SSSR count). The number of likely N-dealkylation sites (tertiary alicyclic amines) is 1. The van der Waals surface area contributed by atoms with Gasteiger partial charge in [-0.1, -0.05) is 46.0 Å². The summed E-state index contributed by atoms with van der Waals surface area (Å²) in [6.07, 6.45) is 10.6. The third kappa shape index (κ3) is 7.08. The molecule has 1 heterocycles. The molecule has 1 aliphatic heterocycles. The average molecular weight is 365 g/mol. The Morgan fingerprint density at radius 2 is 1.81 bits per heavy atom. The van der Waals surface area contributed by atoms with Crippen LogP contribution >= 0.6 is 0 Å². The number of carbonyl (C=O) groups excluding carboxylic acids is 3. The maximum absolute atomic E-state index is 12.5. The molecule has 0 aromatic rings. The molecule has 0 aromatic carbocycles. The molecule has 1 aliphatic carbocycles. The second-order valence-electron chi connectivity index (χ2n) is 8.52. The summed E-state index contributed by atoms with van der Waals surface area (Å²) in [6.45, 7) is 4.95. The van der Waals surface area contributed by atoms with Crippen molar-refractivity contribution in [3.05, 3.63) is 0 Å². The van der Waals surface area contributed by atoms with Crippen LogP contribution in [0.5, 0.6) is 0 Å². The maximum Gasteiger partial charge on any atom is 0.222 e. The highest BCUT2D eigenvalue weighted by molar-refractivity contribution is 5.93. The van der Waals surface area contributed by atoms with Crippen LogP contribution in [-0.4, -0.2) is 41.6 Å². The summed E-state index contributed by atoms with van der Waals surface area (Å²) >= 11 is 0. The molecule has 2 amide bonds. The lowest BCUT2D eigenvalue weighted by molar-refractivity contribution is -0.135. The Hall–Kier alpha value is -1.39. The molecule has 1 saturated heterocycles. The van der Waals surface area contributed by atoms with E-state index in [9.17, 15) is 14.4 Å². The second kappa shape index (κ2) is 10.7. The lowest BCUT2D eigenvalue weighted by Gasteiger charge is -2.24. The van der Waals surface area contributed by atoms with Gasteiger partial charge in [-0.2, -0.15) is 0 Å². The van der Waals surface area contributed by atoms with Crippen LogP contribution in [0.15, 0.2) is 0 Å². The van der Waals surface area contributed by atoms with Crippen molar-refractivity contribution in [1.82, 2.24) is 10.2 Å². The number of ketones is 1. The van der Waals surface area contributed by atoms with E-state index in [1.54, 1.807) is 4.90 Å². The third-order valence-electron chi connectivity index (χ3n) is 5.78. The van der Waals surface area contributed by atoms with Crippen molar-refractivity contribution >= 4 is 17.6 Å². The van der Waals surface area contributed by atoms with Gasteiger partial charge >= 0.3 is 0 Å². The summed E-state index contributed by atoms with van der Waals surface area (Å²) in [4.78, 5) is 38.8. The summed E-state index contributed by atoms with van der Waals surface area (Å²) in [6, 6.07) is -0.425. The molecule has 5 heteroatoms. The van der Waals surface area contributed by atoms with Gasteiger partial charge in [-0.05, 0) is 37.5 Å². The molecule has 0 aromatic heterocycles. The SMILES string of the molecule is CC(C)CCC(=O)N[C@H]1CCCN(C(=O)CCC2CCCCC2)CC1=O. The van der Waals surface area contributed by atoms with Gasteiger partial charge in [0.05, 0.1) is 12.6 Å². The normalized spacial score (nSPS) is 22.3. The van der Waals surface area contributed by atoms with Crippen LogP contribution in [0, 0.1) is 11.8 Å². The minimum Gasteiger partial charge on any atom is -0.346 e. The topological polar surface area (TPSA) is 66.5 Å². The first-order valence-corrected chi connectivity index (χ1v) is 10.6. The first-order valence-electron chi connectivity index (χ1n) is 10.6. The Morgan fingerprint density at radius 1 is 1.08 bits per heavy atom. The van der Waals surface area contributed by atoms with Gasteiger partial charge in [0.15, 0.2) is 5.78 Å². The van der Waals surface area contributed by atoms with E-state index >= 15 is 0 Å². The van der Waals surface area contributed by atoms with Gasteiger partial charge in [0.25, 0.3) is 0 Å². The van der Waals surface area contributed by atoms with Crippen molar-refractivity contribution in [1.29, 1.82) is 0 Å². The Labute approximate surface area is 158 Å². The van der Waals surface area contributed by atoms with Gasteiger partial charge in [0.2, 0.25) is 11.8 Å². The standard InChI is InChI=1S/C21H36N2O3/c1-16(2)10-12-20(25)22-18-9-6-14-23(15-19(18)24)21(26)13-11-17-7-4-3-5-8-17/h16-18H,3-15H2,1-2H3,(H,22,25)/t18-/m0/s1. The Balaban J connectivity index is 1.76. The second-order valence-corrected chi connectivity index (χ2v) is 8.52. The molecule has 0 unspecified atom stereocenters. The number of rotatable bonds is 7. The molecule has 1 N–H and O–H groups in total. The zero-order valence-corrected chi connectivity index (χ0v) is 16.6. The fourth-order valence-electron chi connectivity index (χ4n) is 4.04. The number of nitrogens with one attached hydrogen (secondary N) is 1. The number of amides is 2. The molecule has 1 atom stereocenters. The van der Waals surface area contributed by atoms with Crippen molar-refractivity contribution in [2.45, 2.75) is 90.5 Å². The average Bonchev–Trinajstić information content (AvgIpc) is 2.81. The number of carbonyl (C=O) groups is 3. The van der Waals surface area contributed by atoms with Crippen molar-refractivity contribution in [3.63, 3.8) is 0 Å². The fourth-order valence-corrected chi connectivity index (χ4v) is 4.04. The Kier molecular flexibility index (Phi) is 8.60. The first-order chi connectivity index (χ1) is 12.5. The predicted octanol–water partition coefficient (Wildman–Crippen LogP) is 3.46. The molecule has 0 bridgehead atoms.